The van der Waals surface area contributed by atoms with Crippen LogP contribution < -0.4 is 4.74 Å². The fraction of sp³-hybridized carbons (Fsp3) is 0.550. The minimum Gasteiger partial charge on any atom is -0.476 e. The number of nitrogens with zero attached hydrogens (tertiary/aromatic N) is 4. The Kier molecular flexibility index (Phi) is 5.41. The van der Waals surface area contributed by atoms with E-state index in [1.165, 1.54) is 18.4 Å². The van der Waals surface area contributed by atoms with E-state index in [1.54, 1.807) is 18.6 Å². The molecule has 0 unspecified atom stereocenters. The maximum atomic E-state index is 5.92. The molecule has 0 amide bonds. The first-order chi connectivity index (χ1) is 12.8. The van der Waals surface area contributed by atoms with Crippen LogP contribution in [0.1, 0.15) is 24.8 Å². The smallest absolute Gasteiger partial charge is 0.232 e. The van der Waals surface area contributed by atoms with Gasteiger partial charge in [-0.15, -0.1) is 0 Å². The molecule has 138 valence electrons. The van der Waals surface area contributed by atoms with Gasteiger partial charge in [-0.3, -0.25) is 14.9 Å². The van der Waals surface area contributed by atoms with E-state index in [9.17, 15) is 0 Å². The monoisotopic (exact) mass is 354 g/mol. The van der Waals surface area contributed by atoms with Crippen LogP contribution in [-0.4, -0.2) is 52.8 Å². The molecule has 6 nitrogen and oxygen atoms in total. The molecule has 0 aliphatic carbocycles. The van der Waals surface area contributed by atoms with Crippen LogP contribution in [0.25, 0.3) is 0 Å². The van der Waals surface area contributed by atoms with Crippen molar-refractivity contribution in [1.29, 1.82) is 0 Å². The third-order valence-electron chi connectivity index (χ3n) is 5.88. The van der Waals surface area contributed by atoms with Gasteiger partial charge in [0.15, 0.2) is 0 Å². The second-order valence-corrected chi connectivity index (χ2v) is 7.38. The summed E-state index contributed by atoms with van der Waals surface area (Å²) in [5, 5.41) is 0. The molecule has 0 bridgehead atoms. The summed E-state index contributed by atoms with van der Waals surface area (Å²) in [6, 6.07) is 4.17. The van der Waals surface area contributed by atoms with Crippen LogP contribution >= 0.6 is 0 Å². The molecule has 1 spiro atoms. The Bertz CT molecular complexity index is 675. The first-order valence-corrected chi connectivity index (χ1v) is 9.42. The van der Waals surface area contributed by atoms with E-state index < -0.39 is 0 Å². The van der Waals surface area contributed by atoms with Crippen LogP contribution in [-0.2, 0) is 11.3 Å². The molecule has 4 rings (SSSR count). The first kappa shape index (κ1) is 17.4. The lowest BCUT2D eigenvalue weighted by Crippen LogP contribution is -2.49. The van der Waals surface area contributed by atoms with Crippen LogP contribution in [0.5, 0.6) is 5.88 Å². The van der Waals surface area contributed by atoms with Crippen molar-refractivity contribution in [2.45, 2.75) is 25.8 Å². The zero-order chi connectivity index (χ0) is 17.7. The van der Waals surface area contributed by atoms with Crippen LogP contribution in [0.3, 0.4) is 0 Å². The van der Waals surface area contributed by atoms with E-state index in [1.807, 2.05) is 18.5 Å². The van der Waals surface area contributed by atoms with E-state index in [2.05, 4.69) is 25.9 Å². The number of likely N-dealkylation sites (tertiary alicyclic amines) is 1. The second kappa shape index (κ2) is 8.10. The molecule has 0 saturated carbocycles. The number of piperidine rings is 1. The fourth-order valence-corrected chi connectivity index (χ4v) is 4.22. The summed E-state index contributed by atoms with van der Waals surface area (Å²) in [6.07, 6.45) is 12.3. The number of pyridine rings is 1. The van der Waals surface area contributed by atoms with Gasteiger partial charge in [0.25, 0.3) is 0 Å². The Morgan fingerprint density at radius 2 is 2.00 bits per heavy atom. The van der Waals surface area contributed by atoms with Crippen LogP contribution in [0.15, 0.2) is 43.1 Å². The van der Waals surface area contributed by atoms with Crippen molar-refractivity contribution in [3.8, 4) is 5.88 Å². The molecule has 2 aliphatic rings. The maximum absolute atomic E-state index is 5.92. The molecule has 2 aromatic rings. The molecule has 2 aromatic heterocycles. The lowest BCUT2D eigenvalue weighted by atomic mass is 9.66. The Morgan fingerprint density at radius 3 is 2.77 bits per heavy atom. The minimum atomic E-state index is 0.325. The molecule has 0 aromatic carbocycles. The standard InChI is InChI=1S/C20H26N4O2/c1-2-17(12-21-6-1)14-24-9-3-20(4-10-24)5-11-25-15-18(20)16-26-19-13-22-7-8-23-19/h1-2,6-8,12-13,18H,3-5,9-11,14-16H2/t18-/m1/s1. The highest BCUT2D eigenvalue weighted by Gasteiger charge is 2.43. The van der Waals surface area contributed by atoms with Gasteiger partial charge < -0.3 is 9.47 Å². The molecule has 2 fully saturated rings. The molecular formula is C20H26N4O2. The SMILES string of the molecule is c1cncc(CN2CCC3(CCOC[C@@H]3COc3cnccn3)CC2)c1. The third kappa shape index (κ3) is 4.02. The van der Waals surface area contributed by atoms with Crippen molar-refractivity contribution in [2.75, 3.05) is 32.9 Å². The Hall–Kier alpha value is -2.05. The number of aromatic nitrogens is 3. The highest BCUT2D eigenvalue weighted by atomic mass is 16.5. The third-order valence-corrected chi connectivity index (χ3v) is 5.88. The van der Waals surface area contributed by atoms with Gasteiger partial charge in [-0.05, 0) is 49.4 Å². The van der Waals surface area contributed by atoms with Crippen molar-refractivity contribution < 1.29 is 9.47 Å². The summed E-state index contributed by atoms with van der Waals surface area (Å²) in [4.78, 5) is 15.1. The summed E-state index contributed by atoms with van der Waals surface area (Å²) in [5.74, 6) is 1.01. The van der Waals surface area contributed by atoms with Crippen LogP contribution in [0.4, 0.5) is 0 Å². The van der Waals surface area contributed by atoms with Crippen LogP contribution in [0, 0.1) is 11.3 Å². The Labute approximate surface area is 154 Å². The molecule has 26 heavy (non-hydrogen) atoms. The van der Waals surface area contributed by atoms with E-state index >= 15 is 0 Å². The topological polar surface area (TPSA) is 60.4 Å². The van der Waals surface area contributed by atoms with Gasteiger partial charge in [0, 0.05) is 43.9 Å². The average Bonchev–Trinajstić information content (AvgIpc) is 2.71. The Balaban J connectivity index is 1.35. The summed E-state index contributed by atoms with van der Waals surface area (Å²) < 4.78 is 11.7. The number of hydrogen-bond donors (Lipinski definition) is 0. The highest BCUT2D eigenvalue weighted by molar-refractivity contribution is 5.09. The molecule has 4 heterocycles. The molecule has 2 saturated heterocycles. The van der Waals surface area contributed by atoms with Gasteiger partial charge in [0.2, 0.25) is 5.88 Å². The van der Waals surface area contributed by atoms with Gasteiger partial charge in [-0.1, -0.05) is 6.07 Å². The van der Waals surface area contributed by atoms with Crippen molar-refractivity contribution in [3.63, 3.8) is 0 Å². The summed E-state index contributed by atoms with van der Waals surface area (Å²) >= 11 is 0. The minimum absolute atomic E-state index is 0.325. The van der Waals surface area contributed by atoms with Gasteiger partial charge in [0.1, 0.15) is 0 Å². The summed E-state index contributed by atoms with van der Waals surface area (Å²) in [7, 11) is 0. The van der Waals surface area contributed by atoms with Crippen molar-refractivity contribution in [1.82, 2.24) is 19.9 Å². The van der Waals surface area contributed by atoms with Gasteiger partial charge in [-0.2, -0.15) is 0 Å². The second-order valence-electron chi connectivity index (χ2n) is 7.38. The first-order valence-electron chi connectivity index (χ1n) is 9.42. The average molecular weight is 354 g/mol. The van der Waals surface area contributed by atoms with Crippen molar-refractivity contribution in [2.24, 2.45) is 11.3 Å². The van der Waals surface area contributed by atoms with Gasteiger partial charge in [0.05, 0.1) is 19.4 Å². The van der Waals surface area contributed by atoms with Crippen molar-refractivity contribution in [3.05, 3.63) is 48.7 Å². The molecule has 0 radical (unpaired) electrons. The zero-order valence-corrected chi connectivity index (χ0v) is 15.1. The summed E-state index contributed by atoms with van der Waals surface area (Å²) in [6.45, 7) is 5.53. The predicted molar refractivity (Wildman–Crippen MR) is 97.6 cm³/mol. The number of hydrogen-bond acceptors (Lipinski definition) is 6. The fourth-order valence-electron chi connectivity index (χ4n) is 4.22. The van der Waals surface area contributed by atoms with E-state index in [0.29, 0.717) is 23.8 Å². The summed E-state index contributed by atoms with van der Waals surface area (Å²) in [5.41, 5.74) is 1.62. The van der Waals surface area contributed by atoms with Gasteiger partial charge >= 0.3 is 0 Å². The quantitative estimate of drug-likeness (QED) is 0.822. The van der Waals surface area contributed by atoms with E-state index in [-0.39, 0.29) is 0 Å². The number of ether oxygens (including phenoxy) is 2. The largest absolute Gasteiger partial charge is 0.476 e. The highest BCUT2D eigenvalue weighted by Crippen LogP contribution is 2.45. The maximum Gasteiger partial charge on any atom is 0.232 e. The van der Waals surface area contributed by atoms with E-state index in [4.69, 9.17) is 9.47 Å². The zero-order valence-electron chi connectivity index (χ0n) is 15.1. The van der Waals surface area contributed by atoms with Crippen molar-refractivity contribution >= 4 is 0 Å². The molecule has 6 heteroatoms. The lowest BCUT2D eigenvalue weighted by molar-refractivity contribution is -0.0867. The van der Waals surface area contributed by atoms with Crippen LogP contribution in [0.2, 0.25) is 0 Å². The molecule has 2 aliphatic heterocycles. The molecule has 0 N–H and O–H groups in total. The molecular weight excluding hydrogens is 328 g/mol. The normalized spacial score (nSPS) is 23.0. The predicted octanol–water partition coefficient (Wildman–Crippen LogP) is 2.57. The number of rotatable bonds is 5. The Morgan fingerprint density at radius 1 is 1.12 bits per heavy atom. The van der Waals surface area contributed by atoms with Gasteiger partial charge in [-0.25, -0.2) is 4.98 Å². The van der Waals surface area contributed by atoms with E-state index in [0.717, 1.165) is 39.3 Å². The lowest BCUT2D eigenvalue weighted by Gasteiger charge is -2.48. The molecule has 1 atom stereocenters.